The minimum absolute atomic E-state index is 0.00720. The topological polar surface area (TPSA) is 79.3 Å². The van der Waals surface area contributed by atoms with E-state index >= 15 is 0 Å². The fourth-order valence-electron chi connectivity index (χ4n) is 6.80. The number of ketones is 1. The first-order valence-electron chi connectivity index (χ1n) is 11.9. The highest BCUT2D eigenvalue weighted by Crippen LogP contribution is 2.62. The van der Waals surface area contributed by atoms with Crippen LogP contribution in [0.25, 0.3) is 0 Å². The Morgan fingerprint density at radius 3 is 2.85 bits per heavy atom. The summed E-state index contributed by atoms with van der Waals surface area (Å²) in [6.45, 7) is 10.2. The van der Waals surface area contributed by atoms with Gasteiger partial charge in [0.25, 0.3) is 0 Å². The molecular weight excluding hydrogens is 432 g/mol. The zero-order valence-electron chi connectivity index (χ0n) is 19.6. The highest BCUT2D eigenvalue weighted by atomic mass is 32.1. The minimum Gasteiger partial charge on any atom is -0.508 e. The largest absolute Gasteiger partial charge is 0.508 e. The van der Waals surface area contributed by atoms with Crippen molar-refractivity contribution in [3.05, 3.63) is 53.6 Å². The number of anilines is 1. The molecule has 1 aromatic carbocycles. The summed E-state index contributed by atoms with van der Waals surface area (Å²) in [6, 6.07) is 5.82. The molecule has 0 saturated heterocycles. The second kappa shape index (κ2) is 9.41. The Balaban J connectivity index is 0.00000126. The van der Waals surface area contributed by atoms with Gasteiger partial charge in [-0.1, -0.05) is 13.0 Å². The summed E-state index contributed by atoms with van der Waals surface area (Å²) in [4.78, 5) is 30.9. The Bertz CT molecular complexity index is 1050. The van der Waals surface area contributed by atoms with E-state index in [-0.39, 0.29) is 17.2 Å². The lowest BCUT2D eigenvalue weighted by molar-refractivity contribution is -0.129. The van der Waals surface area contributed by atoms with Gasteiger partial charge in [-0.25, -0.2) is 4.98 Å². The lowest BCUT2D eigenvalue weighted by Crippen LogP contribution is -2.44. The number of aromatic nitrogens is 1. The SMILES string of the molecule is C=C.Cc1cnc(NC(=O)CCC2CC(=O)C3(C)CCC4c5ccc(O)cc5CCC4C23)s1. The number of hydrogen-bond acceptors (Lipinski definition) is 5. The molecule has 5 rings (SSSR count). The van der Waals surface area contributed by atoms with Crippen LogP contribution in [0.4, 0.5) is 5.13 Å². The Hall–Kier alpha value is -2.47. The molecule has 33 heavy (non-hydrogen) atoms. The van der Waals surface area contributed by atoms with Gasteiger partial charge < -0.3 is 10.4 Å². The summed E-state index contributed by atoms with van der Waals surface area (Å²) in [7, 11) is 0. The molecule has 5 atom stereocenters. The van der Waals surface area contributed by atoms with Crippen LogP contribution >= 0.6 is 11.3 Å². The maximum absolute atomic E-state index is 13.1. The van der Waals surface area contributed by atoms with E-state index in [1.165, 1.54) is 22.5 Å². The van der Waals surface area contributed by atoms with Crippen LogP contribution < -0.4 is 5.32 Å². The van der Waals surface area contributed by atoms with Crippen LogP contribution in [0.1, 0.15) is 67.4 Å². The Morgan fingerprint density at radius 1 is 1.33 bits per heavy atom. The van der Waals surface area contributed by atoms with Gasteiger partial charge in [-0.2, -0.15) is 0 Å². The van der Waals surface area contributed by atoms with Crippen molar-refractivity contribution in [1.82, 2.24) is 4.98 Å². The molecule has 5 nitrogen and oxygen atoms in total. The van der Waals surface area contributed by atoms with Crippen molar-refractivity contribution in [3.63, 3.8) is 0 Å². The number of thiazole rings is 1. The molecule has 6 heteroatoms. The Labute approximate surface area is 200 Å². The lowest BCUT2D eigenvalue weighted by atomic mass is 9.54. The standard InChI is InChI=1S/C25H30N2O3S.C2H4/c1-14-13-26-24(31-14)27-22(30)8-4-16-12-21(29)25(2)10-9-19-18-7-5-17(28)11-15(18)3-6-20(19)23(16)25;1-2/h5,7,11,13,16,19-20,23,28H,3-4,6,8-10,12H2,1-2H3,(H,26,27,30);1-2H2. The van der Waals surface area contributed by atoms with Crippen molar-refractivity contribution in [2.45, 2.75) is 64.7 Å². The Morgan fingerprint density at radius 2 is 2.12 bits per heavy atom. The molecule has 176 valence electrons. The predicted octanol–water partition coefficient (Wildman–Crippen LogP) is 6.03. The van der Waals surface area contributed by atoms with Gasteiger partial charge in [-0.15, -0.1) is 24.5 Å². The third kappa shape index (κ3) is 4.37. The number of amides is 1. The van der Waals surface area contributed by atoms with Crippen molar-refractivity contribution < 1.29 is 14.7 Å². The minimum atomic E-state index is -0.247. The number of fused-ring (bicyclic) bond motifs is 5. The number of nitrogens with zero attached hydrogens (tertiary/aromatic N) is 1. The number of hydrogen-bond donors (Lipinski definition) is 2. The fourth-order valence-corrected chi connectivity index (χ4v) is 7.48. The third-order valence-electron chi connectivity index (χ3n) is 8.16. The van der Waals surface area contributed by atoms with Crippen LogP contribution in [0.15, 0.2) is 37.6 Å². The summed E-state index contributed by atoms with van der Waals surface area (Å²) in [5.74, 6) is 2.29. The molecule has 2 N–H and O–H groups in total. The van der Waals surface area contributed by atoms with Crippen LogP contribution in [-0.2, 0) is 16.0 Å². The first kappa shape index (κ1) is 23.7. The highest BCUT2D eigenvalue weighted by Gasteiger charge is 2.58. The number of rotatable bonds is 4. The van der Waals surface area contributed by atoms with E-state index in [0.717, 1.165) is 37.0 Å². The van der Waals surface area contributed by atoms with Gasteiger partial charge in [0.05, 0.1) is 0 Å². The highest BCUT2D eigenvalue weighted by molar-refractivity contribution is 7.15. The van der Waals surface area contributed by atoms with E-state index < -0.39 is 0 Å². The molecule has 2 fully saturated rings. The van der Waals surface area contributed by atoms with Gasteiger partial charge in [-0.3, -0.25) is 9.59 Å². The number of carbonyl (C=O) groups is 2. The molecule has 2 aromatic rings. The Kier molecular flexibility index (Phi) is 6.76. The molecule has 1 amide bonds. The van der Waals surface area contributed by atoms with Crippen molar-refractivity contribution in [2.24, 2.45) is 23.2 Å². The summed E-state index contributed by atoms with van der Waals surface area (Å²) in [6.07, 6.45) is 7.56. The van der Waals surface area contributed by atoms with E-state index in [2.05, 4.69) is 36.4 Å². The quantitative estimate of drug-likeness (QED) is 0.539. The summed E-state index contributed by atoms with van der Waals surface area (Å²) in [5.41, 5.74) is 2.39. The molecule has 2 saturated carbocycles. The maximum atomic E-state index is 13.1. The van der Waals surface area contributed by atoms with Crippen LogP contribution in [0, 0.1) is 30.1 Å². The maximum Gasteiger partial charge on any atom is 0.226 e. The number of Topliss-reactive ketones (excluding diaryl/α,β-unsaturated/α-hetero) is 1. The summed E-state index contributed by atoms with van der Waals surface area (Å²) >= 11 is 1.49. The zero-order valence-corrected chi connectivity index (χ0v) is 20.4. The molecule has 3 aliphatic rings. The average molecular weight is 467 g/mol. The first-order chi connectivity index (χ1) is 15.8. The number of phenolic OH excluding ortho intramolecular Hbond substituents is 1. The number of aryl methyl sites for hydroxylation is 2. The van der Waals surface area contributed by atoms with E-state index in [1.807, 2.05) is 13.0 Å². The van der Waals surface area contributed by atoms with Crippen molar-refractivity contribution in [2.75, 3.05) is 5.32 Å². The number of phenols is 1. The summed E-state index contributed by atoms with van der Waals surface area (Å²) < 4.78 is 0. The molecule has 0 radical (unpaired) electrons. The third-order valence-corrected chi connectivity index (χ3v) is 8.99. The van der Waals surface area contributed by atoms with Crippen LogP contribution in [-0.4, -0.2) is 21.8 Å². The van der Waals surface area contributed by atoms with Crippen molar-refractivity contribution in [3.8, 4) is 5.75 Å². The molecule has 0 bridgehead atoms. The smallest absolute Gasteiger partial charge is 0.226 e. The van der Waals surface area contributed by atoms with Crippen molar-refractivity contribution >= 4 is 28.2 Å². The zero-order chi connectivity index (χ0) is 23.8. The molecule has 0 spiro atoms. The van der Waals surface area contributed by atoms with E-state index in [0.29, 0.717) is 47.3 Å². The molecular formula is C27H34N2O3S. The molecule has 0 aliphatic heterocycles. The molecule has 1 heterocycles. The molecule has 3 aliphatic carbocycles. The number of benzene rings is 1. The number of aromatic hydroxyl groups is 1. The van der Waals surface area contributed by atoms with Gasteiger partial charge in [-0.05, 0) is 86.0 Å². The molecule has 1 aromatic heterocycles. The summed E-state index contributed by atoms with van der Waals surface area (Å²) in [5, 5.41) is 13.5. The molecule has 5 unspecified atom stereocenters. The lowest BCUT2D eigenvalue weighted by Gasteiger charge is -2.50. The van der Waals surface area contributed by atoms with Gasteiger partial charge in [0, 0.05) is 29.3 Å². The number of carbonyl (C=O) groups excluding carboxylic acids is 2. The average Bonchev–Trinajstić information content (AvgIpc) is 3.32. The van der Waals surface area contributed by atoms with Gasteiger partial charge in [0.1, 0.15) is 11.5 Å². The van der Waals surface area contributed by atoms with Crippen LogP contribution in [0.3, 0.4) is 0 Å². The van der Waals surface area contributed by atoms with Gasteiger partial charge in [0.15, 0.2) is 5.13 Å². The van der Waals surface area contributed by atoms with E-state index in [1.54, 1.807) is 12.3 Å². The fraction of sp³-hybridized carbons (Fsp3) is 0.519. The van der Waals surface area contributed by atoms with Crippen LogP contribution in [0.5, 0.6) is 5.75 Å². The predicted molar refractivity (Wildman–Crippen MR) is 133 cm³/mol. The van der Waals surface area contributed by atoms with Gasteiger partial charge >= 0.3 is 0 Å². The second-order valence-corrected chi connectivity index (χ2v) is 11.2. The van der Waals surface area contributed by atoms with E-state index in [9.17, 15) is 14.7 Å². The van der Waals surface area contributed by atoms with Crippen LogP contribution in [0.2, 0.25) is 0 Å². The second-order valence-electron chi connectivity index (χ2n) is 9.92. The number of nitrogens with one attached hydrogen (secondary N) is 1. The van der Waals surface area contributed by atoms with Gasteiger partial charge in [0.2, 0.25) is 5.91 Å². The monoisotopic (exact) mass is 466 g/mol. The normalized spacial score (nSPS) is 29.8. The van der Waals surface area contributed by atoms with Crippen molar-refractivity contribution in [1.29, 1.82) is 0 Å². The first-order valence-corrected chi connectivity index (χ1v) is 12.7. The van der Waals surface area contributed by atoms with E-state index in [4.69, 9.17) is 0 Å².